The second kappa shape index (κ2) is 4.48. The maximum Gasteiger partial charge on any atom is 0.333 e. The number of rotatable bonds is 1. The lowest BCUT2D eigenvalue weighted by Gasteiger charge is -2.20. The summed E-state index contributed by atoms with van der Waals surface area (Å²) in [4.78, 5) is 36.8. The molecule has 0 saturated carbocycles. The number of hydrogen-bond acceptors (Lipinski definition) is 6. The number of H-pyrrole nitrogens is 1. The minimum atomic E-state index is -0.607. The molecule has 20 heavy (non-hydrogen) atoms. The summed E-state index contributed by atoms with van der Waals surface area (Å²) in [6, 6.07) is 0. The van der Waals surface area contributed by atoms with E-state index < -0.39 is 35.7 Å². The summed E-state index contributed by atoms with van der Waals surface area (Å²) in [6.07, 6.45) is -1.15. The molecule has 1 aromatic heterocycles. The van der Waals surface area contributed by atoms with Gasteiger partial charge in [-0.3, -0.25) is 14.6 Å². The molecule has 0 unspecified atom stereocenters. The van der Waals surface area contributed by atoms with Crippen LogP contribution >= 0.6 is 0 Å². The van der Waals surface area contributed by atoms with Gasteiger partial charge in [0.2, 0.25) is 5.88 Å². The van der Waals surface area contributed by atoms with E-state index in [4.69, 9.17) is 14.2 Å². The SMILES string of the molecule is CC(=O)O[C@@H]1C[C@H]2O[C@@H]1COc1c(C)c(=O)[nH]c(=O)n12. The van der Waals surface area contributed by atoms with Crippen molar-refractivity contribution in [3.8, 4) is 5.88 Å². The van der Waals surface area contributed by atoms with E-state index in [0.29, 0.717) is 12.0 Å². The molecule has 2 aliphatic rings. The first-order valence-electron chi connectivity index (χ1n) is 6.28. The van der Waals surface area contributed by atoms with E-state index in [2.05, 4.69) is 4.98 Å². The topological polar surface area (TPSA) is 99.6 Å². The third-order valence-electron chi connectivity index (χ3n) is 3.49. The molecule has 0 radical (unpaired) electrons. The van der Waals surface area contributed by atoms with Crippen LogP contribution in [-0.2, 0) is 14.3 Å². The van der Waals surface area contributed by atoms with Crippen molar-refractivity contribution in [2.24, 2.45) is 0 Å². The summed E-state index contributed by atoms with van der Waals surface area (Å²) in [5, 5.41) is 0. The quantitative estimate of drug-likeness (QED) is 0.694. The Labute approximate surface area is 113 Å². The molecule has 3 rings (SSSR count). The van der Waals surface area contributed by atoms with Crippen LogP contribution in [-0.4, -0.2) is 34.3 Å². The van der Waals surface area contributed by atoms with Crippen molar-refractivity contribution in [2.75, 3.05) is 6.61 Å². The lowest BCUT2D eigenvalue weighted by molar-refractivity contribution is -0.149. The Morgan fingerprint density at radius 1 is 1.45 bits per heavy atom. The number of fused-ring (bicyclic) bond motifs is 4. The highest BCUT2D eigenvalue weighted by atomic mass is 16.6. The van der Waals surface area contributed by atoms with Crippen LogP contribution in [0, 0.1) is 6.92 Å². The van der Waals surface area contributed by atoms with Gasteiger partial charge in [-0.05, 0) is 6.92 Å². The van der Waals surface area contributed by atoms with E-state index in [9.17, 15) is 14.4 Å². The average Bonchev–Trinajstić information content (AvgIpc) is 2.62. The van der Waals surface area contributed by atoms with Gasteiger partial charge in [-0.15, -0.1) is 0 Å². The van der Waals surface area contributed by atoms with Crippen LogP contribution in [0.25, 0.3) is 0 Å². The Hall–Kier alpha value is -2.09. The molecule has 8 heteroatoms. The largest absolute Gasteiger partial charge is 0.475 e. The van der Waals surface area contributed by atoms with Gasteiger partial charge in [0.25, 0.3) is 5.56 Å². The van der Waals surface area contributed by atoms with E-state index >= 15 is 0 Å². The van der Waals surface area contributed by atoms with Crippen molar-refractivity contribution in [1.29, 1.82) is 0 Å². The molecule has 2 aliphatic heterocycles. The van der Waals surface area contributed by atoms with Crippen LogP contribution < -0.4 is 16.0 Å². The number of esters is 1. The Bertz CT molecular complexity index is 676. The molecule has 1 N–H and O–H groups in total. The summed E-state index contributed by atoms with van der Waals surface area (Å²) >= 11 is 0. The van der Waals surface area contributed by atoms with E-state index in [1.165, 1.54) is 11.5 Å². The van der Waals surface area contributed by atoms with Gasteiger partial charge in [0.05, 0.1) is 5.56 Å². The predicted molar refractivity (Wildman–Crippen MR) is 65.6 cm³/mol. The number of ether oxygens (including phenoxy) is 3. The summed E-state index contributed by atoms with van der Waals surface area (Å²) < 4.78 is 17.6. The maximum absolute atomic E-state index is 11.9. The van der Waals surface area contributed by atoms with Gasteiger partial charge in [-0.25, -0.2) is 9.36 Å². The fourth-order valence-corrected chi connectivity index (χ4v) is 2.57. The first kappa shape index (κ1) is 12.9. The summed E-state index contributed by atoms with van der Waals surface area (Å²) in [5.74, 6) is -0.192. The number of hydrogen-bond donors (Lipinski definition) is 1. The first-order chi connectivity index (χ1) is 9.47. The third-order valence-corrected chi connectivity index (χ3v) is 3.49. The van der Waals surface area contributed by atoms with Gasteiger partial charge in [0.1, 0.15) is 25.0 Å². The zero-order valence-corrected chi connectivity index (χ0v) is 11.0. The standard InChI is InChI=1S/C12H14N2O6/c1-5-10(16)13-12(17)14-9-3-7(19-6(2)15)8(20-9)4-18-11(5)14/h7-9H,3-4H2,1-2H3,(H,13,16,17)/t7-,8-,9-/m1/s1. The smallest absolute Gasteiger partial charge is 0.333 e. The van der Waals surface area contributed by atoms with Crippen molar-refractivity contribution >= 4 is 5.97 Å². The monoisotopic (exact) mass is 282 g/mol. The Balaban J connectivity index is 2.03. The number of aromatic amines is 1. The van der Waals surface area contributed by atoms with Gasteiger partial charge >= 0.3 is 11.7 Å². The molecule has 3 atom stereocenters. The summed E-state index contributed by atoms with van der Waals surface area (Å²) in [7, 11) is 0. The molecule has 0 aromatic carbocycles. The van der Waals surface area contributed by atoms with Crippen molar-refractivity contribution in [2.45, 2.75) is 38.7 Å². The molecule has 1 aromatic rings. The minimum absolute atomic E-state index is 0.123. The van der Waals surface area contributed by atoms with Gasteiger partial charge < -0.3 is 14.2 Å². The third kappa shape index (κ3) is 1.92. The lowest BCUT2D eigenvalue weighted by atomic mass is 10.1. The van der Waals surface area contributed by atoms with Crippen LogP contribution in [0.15, 0.2) is 9.59 Å². The fraction of sp³-hybridized carbons (Fsp3) is 0.583. The summed E-state index contributed by atoms with van der Waals surface area (Å²) in [5.41, 5.74) is -0.745. The molecule has 0 aliphatic carbocycles. The second-order valence-electron chi connectivity index (χ2n) is 4.88. The van der Waals surface area contributed by atoms with Gasteiger partial charge in [0.15, 0.2) is 0 Å². The van der Waals surface area contributed by atoms with Crippen LogP contribution in [0.5, 0.6) is 5.88 Å². The Morgan fingerprint density at radius 3 is 2.90 bits per heavy atom. The number of nitrogens with one attached hydrogen (secondary N) is 1. The number of aromatic nitrogens is 2. The number of carbonyl (C=O) groups excluding carboxylic acids is 1. The normalized spacial score (nSPS) is 27.4. The molecule has 0 amide bonds. The van der Waals surface area contributed by atoms with Crippen molar-refractivity contribution in [3.05, 3.63) is 26.4 Å². The van der Waals surface area contributed by atoms with E-state index in [1.54, 1.807) is 6.92 Å². The van der Waals surface area contributed by atoms with Crippen LogP contribution in [0.2, 0.25) is 0 Å². The molecule has 1 saturated heterocycles. The van der Waals surface area contributed by atoms with Crippen molar-refractivity contribution in [1.82, 2.24) is 9.55 Å². The van der Waals surface area contributed by atoms with Crippen molar-refractivity contribution < 1.29 is 19.0 Å². The van der Waals surface area contributed by atoms with Gasteiger partial charge in [0, 0.05) is 13.3 Å². The zero-order chi connectivity index (χ0) is 14.4. The molecule has 1 fully saturated rings. The molecule has 108 valence electrons. The highest BCUT2D eigenvalue weighted by Gasteiger charge is 2.43. The highest BCUT2D eigenvalue weighted by Crippen LogP contribution is 2.35. The molecular formula is C12H14N2O6. The maximum atomic E-state index is 11.9. The van der Waals surface area contributed by atoms with Gasteiger partial charge in [-0.1, -0.05) is 0 Å². The molecule has 3 heterocycles. The van der Waals surface area contributed by atoms with Crippen LogP contribution in [0.1, 0.15) is 25.1 Å². The average molecular weight is 282 g/mol. The Morgan fingerprint density at radius 2 is 2.20 bits per heavy atom. The Kier molecular flexibility index (Phi) is 2.89. The summed E-state index contributed by atoms with van der Waals surface area (Å²) in [6.45, 7) is 3.02. The molecule has 8 nitrogen and oxygen atoms in total. The van der Waals surface area contributed by atoms with Crippen LogP contribution in [0.4, 0.5) is 0 Å². The molecule has 0 spiro atoms. The van der Waals surface area contributed by atoms with E-state index in [0.717, 1.165) is 0 Å². The van der Waals surface area contributed by atoms with Gasteiger partial charge in [-0.2, -0.15) is 0 Å². The number of nitrogens with zero attached hydrogens (tertiary/aromatic N) is 1. The van der Waals surface area contributed by atoms with Crippen LogP contribution in [0.3, 0.4) is 0 Å². The minimum Gasteiger partial charge on any atom is -0.475 e. The predicted octanol–water partition coefficient (Wildman–Crippen LogP) is -0.543. The first-order valence-corrected chi connectivity index (χ1v) is 6.28. The molecule has 2 bridgehead atoms. The van der Waals surface area contributed by atoms with Crippen molar-refractivity contribution in [3.63, 3.8) is 0 Å². The second-order valence-corrected chi connectivity index (χ2v) is 4.88. The van der Waals surface area contributed by atoms with E-state index in [-0.39, 0.29) is 12.5 Å². The lowest BCUT2D eigenvalue weighted by Crippen LogP contribution is -2.36. The van der Waals surface area contributed by atoms with E-state index in [1.807, 2.05) is 0 Å². The highest BCUT2D eigenvalue weighted by molar-refractivity contribution is 5.66. The fourth-order valence-electron chi connectivity index (χ4n) is 2.57. The number of carbonyl (C=O) groups is 1. The molecular weight excluding hydrogens is 268 g/mol. The zero-order valence-electron chi connectivity index (χ0n) is 11.0.